The van der Waals surface area contributed by atoms with Gasteiger partial charge in [0.15, 0.2) is 0 Å². The van der Waals surface area contributed by atoms with Crippen molar-refractivity contribution in [2.75, 3.05) is 17.2 Å². The van der Waals surface area contributed by atoms with Crippen LogP contribution in [0.2, 0.25) is 0 Å². The molecule has 0 saturated heterocycles. The van der Waals surface area contributed by atoms with Crippen molar-refractivity contribution in [1.29, 1.82) is 0 Å². The third-order valence-electron chi connectivity index (χ3n) is 6.23. The Labute approximate surface area is 148 Å². The van der Waals surface area contributed by atoms with E-state index >= 15 is 0 Å². The van der Waals surface area contributed by atoms with Crippen LogP contribution in [0, 0.1) is 23.2 Å². The summed E-state index contributed by atoms with van der Waals surface area (Å²) < 4.78 is 0. The summed E-state index contributed by atoms with van der Waals surface area (Å²) in [6.45, 7) is 2.26. The van der Waals surface area contributed by atoms with Crippen LogP contribution in [0.15, 0.2) is 24.3 Å². The Morgan fingerprint density at radius 2 is 1.56 bits per heavy atom. The second kappa shape index (κ2) is 6.36. The van der Waals surface area contributed by atoms with E-state index in [2.05, 4.69) is 16.0 Å². The summed E-state index contributed by atoms with van der Waals surface area (Å²) in [6.07, 6.45) is 8.12. The fourth-order valence-electron chi connectivity index (χ4n) is 5.83. The average molecular weight is 341 g/mol. The molecule has 0 heterocycles. The molecule has 1 aromatic rings. The minimum atomic E-state index is -0.157. The lowest BCUT2D eigenvalue weighted by Crippen LogP contribution is -2.51. The molecular formula is C20H27N3O2. The second-order valence-corrected chi connectivity index (χ2v) is 8.49. The van der Waals surface area contributed by atoms with Gasteiger partial charge in [0.05, 0.1) is 0 Å². The molecule has 0 aromatic heterocycles. The number of carbonyl (C=O) groups is 2. The first kappa shape index (κ1) is 16.4. The third-order valence-corrected chi connectivity index (χ3v) is 6.23. The van der Waals surface area contributed by atoms with Gasteiger partial charge in [-0.3, -0.25) is 4.79 Å². The first-order valence-corrected chi connectivity index (χ1v) is 9.42. The first-order chi connectivity index (χ1) is 12.0. The molecule has 3 amide bonds. The summed E-state index contributed by atoms with van der Waals surface area (Å²) >= 11 is 0. The lowest BCUT2D eigenvalue weighted by atomic mass is 9.49. The molecule has 3 N–H and O–H groups in total. The minimum Gasteiger partial charge on any atom is -0.337 e. The highest BCUT2D eigenvalue weighted by atomic mass is 16.2. The Morgan fingerprint density at radius 1 is 1.00 bits per heavy atom. The van der Waals surface area contributed by atoms with E-state index in [-0.39, 0.29) is 11.9 Å². The van der Waals surface area contributed by atoms with Crippen molar-refractivity contribution < 1.29 is 9.59 Å². The molecule has 5 nitrogen and oxygen atoms in total. The van der Waals surface area contributed by atoms with E-state index in [1.807, 2.05) is 12.1 Å². The summed E-state index contributed by atoms with van der Waals surface area (Å²) in [5, 5.41) is 8.73. The predicted molar refractivity (Wildman–Crippen MR) is 98.4 cm³/mol. The Bertz CT molecular complexity index is 650. The van der Waals surface area contributed by atoms with Crippen LogP contribution in [0.3, 0.4) is 0 Å². The monoisotopic (exact) mass is 341 g/mol. The maximum atomic E-state index is 12.3. The number of rotatable bonds is 4. The van der Waals surface area contributed by atoms with Gasteiger partial charge in [-0.15, -0.1) is 0 Å². The van der Waals surface area contributed by atoms with Gasteiger partial charge in [-0.1, -0.05) is 6.07 Å². The zero-order valence-corrected chi connectivity index (χ0v) is 14.8. The maximum absolute atomic E-state index is 12.3. The SMILES string of the molecule is CC(=O)Nc1cccc(NC(=O)NCC23CC4CC(CC(C4)C2)C3)c1. The minimum absolute atomic E-state index is 0.122. The summed E-state index contributed by atoms with van der Waals surface area (Å²) in [4.78, 5) is 23.5. The molecule has 4 aliphatic carbocycles. The number of benzene rings is 1. The molecule has 5 rings (SSSR count). The Kier molecular flexibility index (Phi) is 4.18. The lowest BCUT2D eigenvalue weighted by molar-refractivity contribution is -0.114. The van der Waals surface area contributed by atoms with Crippen LogP contribution >= 0.6 is 0 Å². The average Bonchev–Trinajstić information content (AvgIpc) is 2.51. The van der Waals surface area contributed by atoms with Gasteiger partial charge in [0.1, 0.15) is 0 Å². The number of hydrogen-bond donors (Lipinski definition) is 3. The molecule has 4 fully saturated rings. The Balaban J connectivity index is 1.33. The van der Waals surface area contributed by atoms with Gasteiger partial charge in [0.2, 0.25) is 5.91 Å². The summed E-state index contributed by atoms with van der Waals surface area (Å²) in [5.41, 5.74) is 1.71. The highest BCUT2D eigenvalue weighted by molar-refractivity contribution is 5.92. The zero-order chi connectivity index (χ0) is 17.4. The summed E-state index contributed by atoms with van der Waals surface area (Å²) in [7, 11) is 0. The van der Waals surface area contributed by atoms with Crippen molar-refractivity contribution in [3.8, 4) is 0 Å². The van der Waals surface area contributed by atoms with Crippen molar-refractivity contribution >= 4 is 23.3 Å². The van der Waals surface area contributed by atoms with E-state index in [1.165, 1.54) is 45.4 Å². The topological polar surface area (TPSA) is 70.2 Å². The van der Waals surface area contributed by atoms with Crippen molar-refractivity contribution in [2.24, 2.45) is 23.2 Å². The molecule has 0 spiro atoms. The number of hydrogen-bond acceptors (Lipinski definition) is 2. The Morgan fingerprint density at radius 3 is 2.12 bits per heavy atom. The molecule has 0 unspecified atom stereocenters. The molecule has 0 atom stereocenters. The van der Waals surface area contributed by atoms with Gasteiger partial charge < -0.3 is 16.0 Å². The molecule has 25 heavy (non-hydrogen) atoms. The highest BCUT2D eigenvalue weighted by Gasteiger charge is 2.50. The van der Waals surface area contributed by atoms with E-state index in [1.54, 1.807) is 12.1 Å². The normalized spacial score (nSPS) is 32.3. The van der Waals surface area contributed by atoms with Crippen LogP contribution < -0.4 is 16.0 Å². The molecule has 1 aromatic carbocycles. The third kappa shape index (κ3) is 3.65. The van der Waals surface area contributed by atoms with E-state index in [0.29, 0.717) is 16.8 Å². The van der Waals surface area contributed by atoms with Gasteiger partial charge in [-0.25, -0.2) is 4.79 Å². The van der Waals surface area contributed by atoms with Crippen LogP contribution in [0.25, 0.3) is 0 Å². The zero-order valence-electron chi connectivity index (χ0n) is 14.8. The van der Waals surface area contributed by atoms with Crippen molar-refractivity contribution in [1.82, 2.24) is 5.32 Å². The number of anilines is 2. The summed E-state index contributed by atoms with van der Waals surface area (Å²) in [6, 6.07) is 7.07. The largest absolute Gasteiger partial charge is 0.337 e. The van der Waals surface area contributed by atoms with Crippen LogP contribution in [-0.2, 0) is 4.79 Å². The molecule has 0 aliphatic heterocycles. The molecule has 4 saturated carbocycles. The van der Waals surface area contributed by atoms with Gasteiger partial charge in [-0.2, -0.15) is 0 Å². The number of carbonyl (C=O) groups excluding carboxylic acids is 2. The van der Waals surface area contributed by atoms with Gasteiger partial charge in [-0.05, 0) is 79.9 Å². The van der Waals surface area contributed by atoms with E-state index in [9.17, 15) is 9.59 Å². The second-order valence-electron chi connectivity index (χ2n) is 8.49. The number of amides is 3. The van der Waals surface area contributed by atoms with Gasteiger partial charge in [0.25, 0.3) is 0 Å². The Hall–Kier alpha value is -2.04. The molecular weight excluding hydrogens is 314 g/mol. The van der Waals surface area contributed by atoms with E-state index in [4.69, 9.17) is 0 Å². The van der Waals surface area contributed by atoms with Crippen LogP contribution in [0.5, 0.6) is 0 Å². The quantitative estimate of drug-likeness (QED) is 0.775. The number of urea groups is 1. The molecule has 5 heteroatoms. The highest BCUT2D eigenvalue weighted by Crippen LogP contribution is 2.59. The van der Waals surface area contributed by atoms with Crippen molar-refractivity contribution in [3.63, 3.8) is 0 Å². The fourth-order valence-corrected chi connectivity index (χ4v) is 5.83. The molecule has 0 radical (unpaired) electrons. The molecule has 4 aliphatic rings. The number of nitrogens with one attached hydrogen (secondary N) is 3. The van der Waals surface area contributed by atoms with Crippen molar-refractivity contribution in [3.05, 3.63) is 24.3 Å². The van der Waals surface area contributed by atoms with Crippen LogP contribution in [-0.4, -0.2) is 18.5 Å². The van der Waals surface area contributed by atoms with Gasteiger partial charge in [0, 0.05) is 24.8 Å². The molecule has 134 valence electrons. The smallest absolute Gasteiger partial charge is 0.319 e. The first-order valence-electron chi connectivity index (χ1n) is 9.42. The van der Waals surface area contributed by atoms with E-state index < -0.39 is 0 Å². The summed E-state index contributed by atoms with van der Waals surface area (Å²) in [5.74, 6) is 2.56. The van der Waals surface area contributed by atoms with Crippen molar-refractivity contribution in [2.45, 2.75) is 45.4 Å². The van der Waals surface area contributed by atoms with Crippen LogP contribution in [0.1, 0.15) is 45.4 Å². The fraction of sp³-hybridized carbons (Fsp3) is 0.600. The van der Waals surface area contributed by atoms with Gasteiger partial charge >= 0.3 is 6.03 Å². The van der Waals surface area contributed by atoms with E-state index in [0.717, 1.165) is 24.3 Å². The van der Waals surface area contributed by atoms with Crippen LogP contribution in [0.4, 0.5) is 16.2 Å². The lowest BCUT2D eigenvalue weighted by Gasteiger charge is -2.56. The standard InChI is InChI=1S/C20H27N3O2/c1-13(24)22-17-3-2-4-18(8-17)23-19(25)21-12-20-9-14-5-15(10-20)7-16(6-14)11-20/h2-4,8,14-16H,5-7,9-12H2,1H3,(H,22,24)(H2,21,23,25). The predicted octanol–water partition coefficient (Wildman–Crippen LogP) is 3.98. The molecule has 4 bridgehead atoms. The maximum Gasteiger partial charge on any atom is 0.319 e.